The standard InChI is InChI=1S/C14H12FN3O2/c15-12-6-13(18(19)20)14(17-8-12)10-1-2-11-7-16-4-3-9(11)5-10/h1-2,5-6,8,16H,3-4,7H2. The summed E-state index contributed by atoms with van der Waals surface area (Å²) in [4.78, 5) is 14.3. The Morgan fingerprint density at radius 3 is 2.95 bits per heavy atom. The summed E-state index contributed by atoms with van der Waals surface area (Å²) in [6.45, 7) is 1.68. The molecule has 0 saturated heterocycles. The van der Waals surface area contributed by atoms with Crippen molar-refractivity contribution in [2.45, 2.75) is 13.0 Å². The average molecular weight is 273 g/mol. The van der Waals surface area contributed by atoms with Crippen molar-refractivity contribution < 1.29 is 9.31 Å². The predicted octanol–water partition coefficient (Wildman–Crippen LogP) is 2.44. The molecule has 1 aliphatic rings. The van der Waals surface area contributed by atoms with Gasteiger partial charge in [-0.25, -0.2) is 9.37 Å². The summed E-state index contributed by atoms with van der Waals surface area (Å²) >= 11 is 0. The Hall–Kier alpha value is -2.34. The first kappa shape index (κ1) is 12.7. The molecular formula is C14H12FN3O2. The molecule has 1 N–H and O–H groups in total. The lowest BCUT2D eigenvalue weighted by Gasteiger charge is -2.17. The van der Waals surface area contributed by atoms with Gasteiger partial charge in [-0.3, -0.25) is 10.1 Å². The zero-order valence-corrected chi connectivity index (χ0v) is 10.6. The Balaban J connectivity index is 2.11. The van der Waals surface area contributed by atoms with Crippen LogP contribution in [0.15, 0.2) is 30.5 Å². The van der Waals surface area contributed by atoms with Gasteiger partial charge in [-0.15, -0.1) is 0 Å². The summed E-state index contributed by atoms with van der Waals surface area (Å²) in [7, 11) is 0. The van der Waals surface area contributed by atoms with E-state index in [1.54, 1.807) is 6.07 Å². The van der Waals surface area contributed by atoms with Gasteiger partial charge < -0.3 is 5.32 Å². The number of nitrogens with zero attached hydrogens (tertiary/aromatic N) is 2. The summed E-state index contributed by atoms with van der Waals surface area (Å²) in [5, 5.41) is 14.3. The van der Waals surface area contributed by atoms with E-state index >= 15 is 0 Å². The number of rotatable bonds is 2. The molecule has 0 unspecified atom stereocenters. The van der Waals surface area contributed by atoms with Crippen LogP contribution < -0.4 is 5.32 Å². The van der Waals surface area contributed by atoms with Crippen LogP contribution in [0.1, 0.15) is 11.1 Å². The minimum Gasteiger partial charge on any atom is -0.312 e. The highest BCUT2D eigenvalue weighted by Crippen LogP contribution is 2.30. The van der Waals surface area contributed by atoms with Gasteiger partial charge >= 0.3 is 0 Å². The molecule has 1 aromatic carbocycles. The number of fused-ring (bicyclic) bond motifs is 1. The molecule has 0 amide bonds. The monoisotopic (exact) mass is 273 g/mol. The SMILES string of the molecule is O=[N+]([O-])c1cc(F)cnc1-c1ccc2c(c1)CCNC2. The van der Waals surface area contributed by atoms with E-state index in [-0.39, 0.29) is 11.4 Å². The normalized spacial score (nSPS) is 13.8. The Morgan fingerprint density at radius 2 is 2.15 bits per heavy atom. The Bertz CT molecular complexity index is 688. The number of halogens is 1. The van der Waals surface area contributed by atoms with Gasteiger partial charge in [0, 0.05) is 12.1 Å². The third kappa shape index (κ3) is 2.25. The fourth-order valence-corrected chi connectivity index (χ4v) is 2.41. The van der Waals surface area contributed by atoms with Crippen molar-refractivity contribution in [1.29, 1.82) is 0 Å². The molecule has 2 aromatic rings. The first-order valence-corrected chi connectivity index (χ1v) is 6.28. The van der Waals surface area contributed by atoms with E-state index < -0.39 is 10.7 Å². The van der Waals surface area contributed by atoms with Crippen molar-refractivity contribution in [2.75, 3.05) is 6.54 Å². The lowest BCUT2D eigenvalue weighted by molar-refractivity contribution is -0.384. The molecule has 0 bridgehead atoms. The van der Waals surface area contributed by atoms with Crippen molar-refractivity contribution in [3.05, 3.63) is 57.5 Å². The summed E-state index contributed by atoms with van der Waals surface area (Å²) in [6.07, 6.45) is 1.88. The lowest BCUT2D eigenvalue weighted by atomic mass is 9.97. The van der Waals surface area contributed by atoms with Gasteiger partial charge in [0.05, 0.1) is 17.2 Å². The van der Waals surface area contributed by atoms with Crippen molar-refractivity contribution in [2.24, 2.45) is 0 Å². The smallest absolute Gasteiger partial charge is 0.298 e. The largest absolute Gasteiger partial charge is 0.312 e. The van der Waals surface area contributed by atoms with Crippen LogP contribution in [0.3, 0.4) is 0 Å². The zero-order chi connectivity index (χ0) is 14.1. The summed E-state index contributed by atoms with van der Waals surface area (Å²) in [5.74, 6) is -0.706. The molecule has 20 heavy (non-hydrogen) atoms. The lowest BCUT2D eigenvalue weighted by Crippen LogP contribution is -2.23. The highest BCUT2D eigenvalue weighted by molar-refractivity contribution is 5.70. The first-order valence-electron chi connectivity index (χ1n) is 6.28. The van der Waals surface area contributed by atoms with Gasteiger partial charge in [-0.2, -0.15) is 0 Å². The van der Waals surface area contributed by atoms with E-state index in [0.29, 0.717) is 5.56 Å². The Labute approximate surface area is 114 Å². The molecule has 0 fully saturated rings. The number of nitro groups is 1. The van der Waals surface area contributed by atoms with Crippen LogP contribution >= 0.6 is 0 Å². The molecule has 3 rings (SSSR count). The molecule has 6 heteroatoms. The molecular weight excluding hydrogens is 261 g/mol. The highest BCUT2D eigenvalue weighted by atomic mass is 19.1. The van der Waals surface area contributed by atoms with Gasteiger partial charge in [0.15, 0.2) is 0 Å². The van der Waals surface area contributed by atoms with Crippen LogP contribution in [0.25, 0.3) is 11.3 Å². The van der Waals surface area contributed by atoms with Gasteiger partial charge in [0.25, 0.3) is 5.69 Å². The molecule has 1 aliphatic heterocycles. The third-order valence-electron chi connectivity index (χ3n) is 3.40. The molecule has 0 spiro atoms. The van der Waals surface area contributed by atoms with Crippen molar-refractivity contribution in [3.63, 3.8) is 0 Å². The fourth-order valence-electron chi connectivity index (χ4n) is 2.41. The Morgan fingerprint density at radius 1 is 1.30 bits per heavy atom. The molecule has 0 saturated carbocycles. The number of nitrogens with one attached hydrogen (secondary N) is 1. The van der Waals surface area contributed by atoms with Crippen molar-refractivity contribution in [1.82, 2.24) is 10.3 Å². The second-order valence-electron chi connectivity index (χ2n) is 4.69. The second-order valence-corrected chi connectivity index (χ2v) is 4.69. The number of benzene rings is 1. The van der Waals surface area contributed by atoms with E-state index in [9.17, 15) is 14.5 Å². The third-order valence-corrected chi connectivity index (χ3v) is 3.40. The number of aromatic nitrogens is 1. The summed E-state index contributed by atoms with van der Waals surface area (Å²) in [5.41, 5.74) is 2.89. The van der Waals surface area contributed by atoms with E-state index in [1.165, 1.54) is 5.56 Å². The van der Waals surface area contributed by atoms with Crippen molar-refractivity contribution >= 4 is 5.69 Å². The topological polar surface area (TPSA) is 68.1 Å². The quantitative estimate of drug-likeness (QED) is 0.674. The van der Waals surface area contributed by atoms with Crippen LogP contribution in [0.2, 0.25) is 0 Å². The van der Waals surface area contributed by atoms with Crippen LogP contribution in [-0.4, -0.2) is 16.5 Å². The van der Waals surface area contributed by atoms with Crippen LogP contribution in [0, 0.1) is 15.9 Å². The van der Waals surface area contributed by atoms with E-state index in [0.717, 1.165) is 37.3 Å². The van der Waals surface area contributed by atoms with Crippen molar-refractivity contribution in [3.8, 4) is 11.3 Å². The first-order chi connectivity index (χ1) is 9.65. The van der Waals surface area contributed by atoms with Gasteiger partial charge in [0.2, 0.25) is 0 Å². The number of pyridine rings is 1. The van der Waals surface area contributed by atoms with Crippen LogP contribution in [0.5, 0.6) is 0 Å². The van der Waals surface area contributed by atoms with Crippen LogP contribution in [-0.2, 0) is 13.0 Å². The maximum absolute atomic E-state index is 13.1. The number of hydrogen-bond acceptors (Lipinski definition) is 4. The predicted molar refractivity (Wildman–Crippen MR) is 71.7 cm³/mol. The minimum atomic E-state index is -0.706. The summed E-state index contributed by atoms with van der Waals surface area (Å²) < 4.78 is 13.1. The van der Waals surface area contributed by atoms with E-state index in [4.69, 9.17) is 0 Å². The molecule has 1 aromatic heterocycles. The molecule has 102 valence electrons. The maximum atomic E-state index is 13.1. The van der Waals surface area contributed by atoms with Gasteiger partial charge in [0.1, 0.15) is 11.5 Å². The highest BCUT2D eigenvalue weighted by Gasteiger charge is 2.19. The molecule has 0 aliphatic carbocycles. The van der Waals surface area contributed by atoms with Crippen LogP contribution in [0.4, 0.5) is 10.1 Å². The molecule has 2 heterocycles. The number of hydrogen-bond donors (Lipinski definition) is 1. The van der Waals surface area contributed by atoms with E-state index in [1.807, 2.05) is 12.1 Å². The van der Waals surface area contributed by atoms with Gasteiger partial charge in [-0.1, -0.05) is 12.1 Å². The average Bonchev–Trinajstić information content (AvgIpc) is 2.46. The molecule has 0 radical (unpaired) electrons. The Kier molecular flexibility index (Phi) is 3.15. The minimum absolute atomic E-state index is 0.206. The fraction of sp³-hybridized carbons (Fsp3) is 0.214. The maximum Gasteiger partial charge on any atom is 0.298 e. The zero-order valence-electron chi connectivity index (χ0n) is 10.6. The second kappa shape index (κ2) is 4.97. The summed E-state index contributed by atoms with van der Waals surface area (Å²) in [6, 6.07) is 6.54. The molecule has 5 nitrogen and oxygen atoms in total. The van der Waals surface area contributed by atoms with E-state index in [2.05, 4.69) is 10.3 Å². The molecule has 0 atom stereocenters. The van der Waals surface area contributed by atoms with Gasteiger partial charge in [-0.05, 0) is 30.2 Å².